The molecule has 1 saturated heterocycles. The van der Waals surface area contributed by atoms with E-state index in [-0.39, 0.29) is 5.91 Å². The van der Waals surface area contributed by atoms with E-state index in [9.17, 15) is 4.79 Å². The predicted molar refractivity (Wildman–Crippen MR) is 88.9 cm³/mol. The number of hydrogen-bond donors (Lipinski definition) is 1. The summed E-state index contributed by atoms with van der Waals surface area (Å²) in [5.74, 6) is 0.958. The first-order valence-corrected chi connectivity index (χ1v) is 8.53. The number of carbonyl (C=O) groups is 1. The van der Waals surface area contributed by atoms with E-state index in [1.165, 1.54) is 25.9 Å². The van der Waals surface area contributed by atoms with E-state index >= 15 is 0 Å². The number of likely N-dealkylation sites (tertiary alicyclic amines) is 1. The molecule has 0 radical (unpaired) electrons. The van der Waals surface area contributed by atoms with Crippen molar-refractivity contribution >= 4 is 5.91 Å². The zero-order valence-electron chi connectivity index (χ0n) is 14.5. The number of carbonyl (C=O) groups excluding carboxylic acids is 1. The minimum Gasteiger partial charge on any atom is -0.355 e. The molecule has 0 spiro atoms. The predicted octanol–water partition coefficient (Wildman–Crippen LogP) is 1.91. The highest BCUT2D eigenvalue weighted by atomic mass is 16.1. The molecule has 1 N–H and O–H groups in total. The molecule has 5 heteroatoms. The van der Waals surface area contributed by atoms with Gasteiger partial charge in [-0.3, -0.25) is 9.48 Å². The van der Waals surface area contributed by atoms with E-state index in [1.807, 2.05) is 18.5 Å². The molecule has 1 amide bonds. The Morgan fingerprint density at radius 3 is 2.59 bits per heavy atom. The Balaban J connectivity index is 1.75. The minimum absolute atomic E-state index is 0.104. The summed E-state index contributed by atoms with van der Waals surface area (Å²) in [5, 5.41) is 7.52. The Labute approximate surface area is 134 Å². The topological polar surface area (TPSA) is 50.2 Å². The molecule has 1 aliphatic rings. The monoisotopic (exact) mass is 306 g/mol. The van der Waals surface area contributed by atoms with Crippen molar-refractivity contribution in [2.75, 3.05) is 26.2 Å². The molecule has 1 aliphatic heterocycles. The quantitative estimate of drug-likeness (QED) is 0.873. The van der Waals surface area contributed by atoms with Crippen molar-refractivity contribution in [1.29, 1.82) is 0 Å². The van der Waals surface area contributed by atoms with E-state index in [0.29, 0.717) is 6.42 Å². The summed E-state index contributed by atoms with van der Waals surface area (Å²) in [6.07, 6.45) is 3.00. The second kappa shape index (κ2) is 7.77. The van der Waals surface area contributed by atoms with Crippen molar-refractivity contribution in [3.8, 4) is 0 Å². The van der Waals surface area contributed by atoms with Crippen LogP contribution in [0.4, 0.5) is 0 Å². The highest BCUT2D eigenvalue weighted by Gasteiger charge is 2.16. The fourth-order valence-electron chi connectivity index (χ4n) is 3.16. The van der Waals surface area contributed by atoms with Crippen LogP contribution in [0.2, 0.25) is 0 Å². The number of rotatable bonds is 6. The van der Waals surface area contributed by atoms with Crippen molar-refractivity contribution in [1.82, 2.24) is 20.0 Å². The third-order valence-corrected chi connectivity index (χ3v) is 4.79. The summed E-state index contributed by atoms with van der Waals surface area (Å²) in [5.41, 5.74) is 3.16. The molecule has 22 heavy (non-hydrogen) atoms. The van der Waals surface area contributed by atoms with Gasteiger partial charge in [0.25, 0.3) is 0 Å². The lowest BCUT2D eigenvalue weighted by Crippen LogP contribution is -2.39. The van der Waals surface area contributed by atoms with Crippen LogP contribution in [0.5, 0.6) is 0 Å². The minimum atomic E-state index is 0.104. The number of amides is 1. The number of aromatic nitrogens is 2. The number of aryl methyl sites for hydroxylation is 2. The van der Waals surface area contributed by atoms with Gasteiger partial charge in [-0.2, -0.15) is 5.10 Å². The SMILES string of the molecule is CCn1nc(C)c(CC(=O)NCCN2CCC(C)CC2)c1C. The molecule has 0 bridgehead atoms. The van der Waals surface area contributed by atoms with Gasteiger partial charge >= 0.3 is 0 Å². The van der Waals surface area contributed by atoms with Gasteiger partial charge in [-0.15, -0.1) is 0 Å². The summed E-state index contributed by atoms with van der Waals surface area (Å²) in [7, 11) is 0. The van der Waals surface area contributed by atoms with Gasteiger partial charge in [0, 0.05) is 30.9 Å². The molecule has 1 aromatic heterocycles. The Morgan fingerprint density at radius 1 is 1.32 bits per heavy atom. The Hall–Kier alpha value is -1.36. The third-order valence-electron chi connectivity index (χ3n) is 4.79. The summed E-state index contributed by atoms with van der Waals surface area (Å²) < 4.78 is 1.97. The lowest BCUT2D eigenvalue weighted by atomic mass is 9.99. The zero-order chi connectivity index (χ0) is 16.1. The molecule has 2 heterocycles. The maximum atomic E-state index is 12.1. The van der Waals surface area contributed by atoms with Crippen LogP contribution in [0.1, 0.15) is 43.6 Å². The molecule has 0 aromatic carbocycles. The molecule has 0 aliphatic carbocycles. The van der Waals surface area contributed by atoms with Crippen LogP contribution in [-0.2, 0) is 17.8 Å². The van der Waals surface area contributed by atoms with Crippen LogP contribution < -0.4 is 5.32 Å². The summed E-state index contributed by atoms with van der Waals surface area (Å²) in [6.45, 7) is 13.3. The summed E-state index contributed by atoms with van der Waals surface area (Å²) in [6, 6.07) is 0. The number of nitrogens with zero attached hydrogens (tertiary/aromatic N) is 3. The first-order chi connectivity index (χ1) is 10.5. The van der Waals surface area contributed by atoms with Crippen LogP contribution in [0.25, 0.3) is 0 Å². The van der Waals surface area contributed by atoms with E-state index in [1.54, 1.807) is 0 Å². The van der Waals surface area contributed by atoms with Crippen molar-refractivity contribution in [2.24, 2.45) is 5.92 Å². The van der Waals surface area contributed by atoms with Gasteiger partial charge in [0.05, 0.1) is 12.1 Å². The van der Waals surface area contributed by atoms with E-state index in [4.69, 9.17) is 0 Å². The van der Waals surface area contributed by atoms with Crippen LogP contribution in [0.15, 0.2) is 0 Å². The molecule has 0 atom stereocenters. The summed E-state index contributed by atoms with van der Waals surface area (Å²) >= 11 is 0. The highest BCUT2D eigenvalue weighted by Crippen LogP contribution is 2.15. The van der Waals surface area contributed by atoms with Crippen LogP contribution in [0.3, 0.4) is 0 Å². The van der Waals surface area contributed by atoms with Gasteiger partial charge in [-0.1, -0.05) is 6.92 Å². The normalized spacial score (nSPS) is 16.9. The average Bonchev–Trinajstić information content (AvgIpc) is 2.77. The molecule has 0 saturated carbocycles. The molecule has 1 fully saturated rings. The Kier molecular flexibility index (Phi) is 6.00. The maximum absolute atomic E-state index is 12.1. The first-order valence-electron chi connectivity index (χ1n) is 8.53. The van der Waals surface area contributed by atoms with Gasteiger partial charge in [-0.25, -0.2) is 0 Å². The number of nitrogens with one attached hydrogen (secondary N) is 1. The van der Waals surface area contributed by atoms with Crippen LogP contribution in [-0.4, -0.2) is 46.8 Å². The van der Waals surface area contributed by atoms with E-state index in [0.717, 1.165) is 42.5 Å². The standard InChI is InChI=1S/C17H30N4O/c1-5-21-15(4)16(14(3)19-21)12-17(22)18-8-11-20-9-6-13(2)7-10-20/h13H,5-12H2,1-4H3,(H,18,22). The third kappa shape index (κ3) is 4.32. The zero-order valence-corrected chi connectivity index (χ0v) is 14.5. The molecule has 124 valence electrons. The maximum Gasteiger partial charge on any atom is 0.224 e. The molecular formula is C17H30N4O. The van der Waals surface area contributed by atoms with Crippen LogP contribution in [0, 0.1) is 19.8 Å². The van der Waals surface area contributed by atoms with Crippen molar-refractivity contribution in [3.05, 3.63) is 17.0 Å². The smallest absolute Gasteiger partial charge is 0.224 e. The Morgan fingerprint density at radius 2 is 2.00 bits per heavy atom. The molecule has 5 nitrogen and oxygen atoms in total. The fourth-order valence-corrected chi connectivity index (χ4v) is 3.16. The van der Waals surface area contributed by atoms with Crippen molar-refractivity contribution in [2.45, 2.75) is 53.5 Å². The van der Waals surface area contributed by atoms with Gasteiger partial charge in [0.2, 0.25) is 5.91 Å². The van der Waals surface area contributed by atoms with Gasteiger partial charge < -0.3 is 10.2 Å². The van der Waals surface area contributed by atoms with Crippen LogP contribution >= 0.6 is 0 Å². The van der Waals surface area contributed by atoms with Gasteiger partial charge in [0.1, 0.15) is 0 Å². The Bertz CT molecular complexity index is 501. The van der Waals surface area contributed by atoms with E-state index < -0.39 is 0 Å². The second-order valence-corrected chi connectivity index (χ2v) is 6.52. The fraction of sp³-hybridized carbons (Fsp3) is 0.765. The molecular weight excluding hydrogens is 276 g/mol. The molecule has 0 unspecified atom stereocenters. The molecule has 1 aromatic rings. The lowest BCUT2D eigenvalue weighted by molar-refractivity contribution is -0.120. The number of hydrogen-bond acceptors (Lipinski definition) is 3. The average molecular weight is 306 g/mol. The first kappa shape index (κ1) is 17.0. The van der Waals surface area contributed by atoms with E-state index in [2.05, 4.69) is 29.2 Å². The highest BCUT2D eigenvalue weighted by molar-refractivity contribution is 5.79. The van der Waals surface area contributed by atoms with Crippen molar-refractivity contribution in [3.63, 3.8) is 0 Å². The molecule has 2 rings (SSSR count). The van der Waals surface area contributed by atoms with Crippen molar-refractivity contribution < 1.29 is 4.79 Å². The van der Waals surface area contributed by atoms with Gasteiger partial charge in [0.15, 0.2) is 0 Å². The summed E-state index contributed by atoms with van der Waals surface area (Å²) in [4.78, 5) is 14.6. The largest absolute Gasteiger partial charge is 0.355 e. The second-order valence-electron chi connectivity index (χ2n) is 6.52. The number of piperidine rings is 1. The van der Waals surface area contributed by atoms with Gasteiger partial charge in [-0.05, 0) is 52.6 Å². The lowest BCUT2D eigenvalue weighted by Gasteiger charge is -2.30.